The van der Waals surface area contributed by atoms with Gasteiger partial charge in [0, 0.05) is 0 Å². The van der Waals surface area contributed by atoms with E-state index < -0.39 is 22.0 Å². The van der Waals surface area contributed by atoms with Gasteiger partial charge in [0.05, 0.1) is 10.9 Å². The molecule has 6 nitrogen and oxygen atoms in total. The number of sulfonamides is 1. The average molecular weight is 360 g/mol. The Morgan fingerprint density at radius 3 is 2.48 bits per heavy atom. The van der Waals surface area contributed by atoms with E-state index in [1.165, 1.54) is 12.1 Å². The molecule has 1 heterocycles. The first-order valence-corrected chi connectivity index (χ1v) is 9.60. The number of benzene rings is 2. The number of carbonyl (C=O) groups excluding carboxylic acids is 1. The molecule has 3 rings (SSSR count). The van der Waals surface area contributed by atoms with E-state index >= 15 is 0 Å². The fourth-order valence-electron chi connectivity index (χ4n) is 2.63. The summed E-state index contributed by atoms with van der Waals surface area (Å²) in [5.74, 6) is 0.0495. The fourth-order valence-corrected chi connectivity index (χ4v) is 3.65. The largest absolute Gasteiger partial charge is 0.489 e. The summed E-state index contributed by atoms with van der Waals surface area (Å²) in [6.45, 7) is 1.13. The Balaban J connectivity index is 1.61. The maximum absolute atomic E-state index is 12.3. The van der Waals surface area contributed by atoms with E-state index in [0.717, 1.165) is 18.5 Å². The summed E-state index contributed by atoms with van der Waals surface area (Å²) in [7, 11) is -3.88. The monoisotopic (exact) mass is 360 g/mol. The summed E-state index contributed by atoms with van der Waals surface area (Å²) in [5, 5.41) is 2.98. The SMILES string of the molecule is O=C(NS(=O)(=O)c1ccc(OCc2ccccc2)cc1)[C@@H]1CCCN1. The minimum absolute atomic E-state index is 0.0332. The van der Waals surface area contributed by atoms with Crippen molar-refractivity contribution in [2.45, 2.75) is 30.4 Å². The second kappa shape index (κ2) is 7.67. The molecule has 0 spiro atoms. The number of hydrogen-bond acceptors (Lipinski definition) is 5. The van der Waals surface area contributed by atoms with Crippen molar-refractivity contribution in [1.29, 1.82) is 0 Å². The van der Waals surface area contributed by atoms with Gasteiger partial charge in [-0.2, -0.15) is 0 Å². The van der Waals surface area contributed by atoms with Gasteiger partial charge in [-0.05, 0) is 49.2 Å². The van der Waals surface area contributed by atoms with Gasteiger partial charge in [-0.3, -0.25) is 4.79 Å². The molecule has 1 amide bonds. The lowest BCUT2D eigenvalue weighted by molar-refractivity contribution is -0.121. The third-order valence-electron chi connectivity index (χ3n) is 3.99. The molecule has 0 aliphatic carbocycles. The summed E-state index contributed by atoms with van der Waals surface area (Å²) in [6, 6.07) is 15.3. The minimum atomic E-state index is -3.88. The first-order chi connectivity index (χ1) is 12.0. The number of nitrogens with one attached hydrogen (secondary N) is 2. The normalized spacial score (nSPS) is 17.2. The van der Waals surface area contributed by atoms with Crippen molar-refractivity contribution in [3.8, 4) is 5.75 Å². The first-order valence-electron chi connectivity index (χ1n) is 8.11. The smallest absolute Gasteiger partial charge is 0.264 e. The molecule has 0 unspecified atom stereocenters. The van der Waals surface area contributed by atoms with Crippen LogP contribution >= 0.6 is 0 Å². The molecule has 0 radical (unpaired) electrons. The van der Waals surface area contributed by atoms with Gasteiger partial charge >= 0.3 is 0 Å². The summed E-state index contributed by atoms with van der Waals surface area (Å²) < 4.78 is 32.3. The second-order valence-electron chi connectivity index (χ2n) is 5.86. The van der Waals surface area contributed by atoms with Crippen LogP contribution in [0.1, 0.15) is 18.4 Å². The highest BCUT2D eigenvalue weighted by molar-refractivity contribution is 7.90. The summed E-state index contributed by atoms with van der Waals surface area (Å²) in [6.07, 6.45) is 1.51. The Hall–Kier alpha value is -2.38. The van der Waals surface area contributed by atoms with Gasteiger partial charge in [0.15, 0.2) is 0 Å². The summed E-state index contributed by atoms with van der Waals surface area (Å²) in [5.41, 5.74) is 1.02. The molecule has 1 fully saturated rings. The number of hydrogen-bond donors (Lipinski definition) is 2. The highest BCUT2D eigenvalue weighted by Gasteiger charge is 2.26. The maximum atomic E-state index is 12.3. The molecular formula is C18H20N2O4S. The van der Waals surface area contributed by atoms with Gasteiger partial charge in [-0.1, -0.05) is 30.3 Å². The van der Waals surface area contributed by atoms with Crippen molar-refractivity contribution in [2.24, 2.45) is 0 Å². The predicted octanol–water partition coefficient (Wildman–Crippen LogP) is 1.82. The zero-order chi connectivity index (χ0) is 17.7. The Kier molecular flexibility index (Phi) is 5.35. The lowest BCUT2D eigenvalue weighted by Gasteiger charge is -2.12. The van der Waals surface area contributed by atoms with E-state index in [0.29, 0.717) is 18.8 Å². The van der Waals surface area contributed by atoms with Gasteiger partial charge in [-0.15, -0.1) is 0 Å². The molecule has 2 N–H and O–H groups in total. The molecule has 1 atom stereocenters. The average Bonchev–Trinajstić information content (AvgIpc) is 3.16. The number of amides is 1. The van der Waals surface area contributed by atoms with Gasteiger partial charge in [-0.25, -0.2) is 13.1 Å². The van der Waals surface area contributed by atoms with E-state index in [1.807, 2.05) is 30.3 Å². The molecule has 2 aromatic carbocycles. The molecule has 1 aliphatic rings. The van der Waals surface area contributed by atoms with Gasteiger partial charge in [0.2, 0.25) is 0 Å². The topological polar surface area (TPSA) is 84.5 Å². The zero-order valence-electron chi connectivity index (χ0n) is 13.6. The molecule has 2 aromatic rings. The van der Waals surface area contributed by atoms with Crippen LogP contribution in [0, 0.1) is 0 Å². The number of rotatable bonds is 6. The van der Waals surface area contributed by atoms with Crippen molar-refractivity contribution >= 4 is 15.9 Å². The molecular weight excluding hydrogens is 340 g/mol. The summed E-state index contributed by atoms with van der Waals surface area (Å²) in [4.78, 5) is 12.0. The lowest BCUT2D eigenvalue weighted by atomic mass is 10.2. The maximum Gasteiger partial charge on any atom is 0.264 e. The van der Waals surface area contributed by atoms with Gasteiger partial charge in [0.25, 0.3) is 15.9 Å². The van der Waals surface area contributed by atoms with Crippen LogP contribution in [-0.4, -0.2) is 26.9 Å². The zero-order valence-corrected chi connectivity index (χ0v) is 14.5. The second-order valence-corrected chi connectivity index (χ2v) is 7.55. The van der Waals surface area contributed by atoms with Crippen molar-refractivity contribution in [2.75, 3.05) is 6.54 Å². The molecule has 132 valence electrons. The summed E-state index contributed by atoms with van der Waals surface area (Å²) >= 11 is 0. The third kappa shape index (κ3) is 4.58. The Morgan fingerprint density at radius 1 is 1.12 bits per heavy atom. The molecule has 0 saturated carbocycles. The van der Waals surface area contributed by atoms with Crippen LogP contribution in [-0.2, 0) is 21.4 Å². The van der Waals surface area contributed by atoms with E-state index in [4.69, 9.17) is 4.74 Å². The molecule has 0 bridgehead atoms. The molecule has 1 saturated heterocycles. The lowest BCUT2D eigenvalue weighted by Crippen LogP contribution is -2.43. The van der Waals surface area contributed by atoms with Gasteiger partial charge in [0.1, 0.15) is 12.4 Å². The van der Waals surface area contributed by atoms with Crippen molar-refractivity contribution in [3.63, 3.8) is 0 Å². The molecule has 0 aromatic heterocycles. The Bertz CT molecular complexity index is 814. The number of carbonyl (C=O) groups is 1. The molecule has 25 heavy (non-hydrogen) atoms. The van der Waals surface area contributed by atoms with Crippen LogP contribution < -0.4 is 14.8 Å². The van der Waals surface area contributed by atoms with Crippen LogP contribution in [0.25, 0.3) is 0 Å². The van der Waals surface area contributed by atoms with Crippen LogP contribution in [0.2, 0.25) is 0 Å². The minimum Gasteiger partial charge on any atom is -0.489 e. The predicted molar refractivity (Wildman–Crippen MR) is 93.6 cm³/mol. The van der Waals surface area contributed by atoms with E-state index in [1.54, 1.807) is 12.1 Å². The Labute approximate surface area is 147 Å². The molecule has 7 heteroatoms. The van der Waals surface area contributed by atoms with Crippen molar-refractivity contribution < 1.29 is 17.9 Å². The van der Waals surface area contributed by atoms with Crippen molar-refractivity contribution in [1.82, 2.24) is 10.0 Å². The third-order valence-corrected chi connectivity index (χ3v) is 5.36. The van der Waals surface area contributed by atoms with E-state index in [-0.39, 0.29) is 4.90 Å². The molecule has 1 aliphatic heterocycles. The van der Waals surface area contributed by atoms with E-state index in [2.05, 4.69) is 10.0 Å². The van der Waals surface area contributed by atoms with Crippen LogP contribution in [0.15, 0.2) is 59.5 Å². The standard InChI is InChI=1S/C18H20N2O4S/c21-18(17-7-4-12-19-17)20-25(22,23)16-10-8-15(9-11-16)24-13-14-5-2-1-3-6-14/h1-3,5-6,8-11,17,19H,4,7,12-13H2,(H,20,21)/t17-/m0/s1. The highest BCUT2D eigenvalue weighted by atomic mass is 32.2. The number of ether oxygens (including phenoxy) is 1. The van der Waals surface area contributed by atoms with Gasteiger partial charge < -0.3 is 10.1 Å². The van der Waals surface area contributed by atoms with Crippen LogP contribution in [0.3, 0.4) is 0 Å². The van der Waals surface area contributed by atoms with Crippen LogP contribution in [0.4, 0.5) is 0 Å². The quantitative estimate of drug-likeness (QED) is 0.821. The first kappa shape index (κ1) is 17.4. The van der Waals surface area contributed by atoms with Crippen molar-refractivity contribution in [3.05, 3.63) is 60.2 Å². The van der Waals surface area contributed by atoms with E-state index in [9.17, 15) is 13.2 Å². The van der Waals surface area contributed by atoms with Crippen LogP contribution in [0.5, 0.6) is 5.75 Å². The fraction of sp³-hybridized carbons (Fsp3) is 0.278. The highest BCUT2D eigenvalue weighted by Crippen LogP contribution is 2.17. The Morgan fingerprint density at radius 2 is 1.84 bits per heavy atom.